The molecule has 2 aromatic carbocycles. The van der Waals surface area contributed by atoms with E-state index in [0.717, 1.165) is 10.5 Å². The van der Waals surface area contributed by atoms with E-state index in [2.05, 4.69) is 17.2 Å². The number of barbiturate groups is 1. The van der Waals surface area contributed by atoms with Gasteiger partial charge in [-0.05, 0) is 42.0 Å². The molecule has 1 saturated heterocycles. The number of ether oxygens (including phenoxy) is 2. The molecule has 9 heteroatoms. The third kappa shape index (κ3) is 3.62. The number of hydrogen-bond acceptors (Lipinski definition) is 6. The van der Waals surface area contributed by atoms with Crippen molar-refractivity contribution in [3.05, 3.63) is 65.3 Å². The number of nitrogens with one attached hydrogen (secondary N) is 2. The fraction of sp³-hybridized carbons (Fsp3) is 0.150. The molecule has 148 valence electrons. The second-order valence-electron chi connectivity index (χ2n) is 6.44. The van der Waals surface area contributed by atoms with E-state index in [0.29, 0.717) is 28.8 Å². The largest absolute Gasteiger partial charge is 0.454 e. The summed E-state index contributed by atoms with van der Waals surface area (Å²) in [7, 11) is 0. The molecule has 0 aliphatic carbocycles. The first-order valence-corrected chi connectivity index (χ1v) is 9.07. The van der Waals surface area contributed by atoms with Crippen LogP contribution in [-0.4, -0.2) is 24.6 Å². The van der Waals surface area contributed by atoms with Crippen molar-refractivity contribution >= 4 is 35.1 Å². The van der Waals surface area contributed by atoms with Crippen molar-refractivity contribution in [2.45, 2.75) is 6.54 Å². The molecule has 2 aromatic rings. The van der Waals surface area contributed by atoms with Crippen LogP contribution in [0.15, 0.2) is 54.7 Å². The maximum Gasteiger partial charge on any atom is 0.335 e. The molecule has 4 rings (SSSR count). The Hall–Kier alpha value is -3.52. The molecule has 0 unspecified atom stereocenters. The molecule has 0 aromatic heterocycles. The molecule has 0 spiro atoms. The first-order valence-electron chi connectivity index (χ1n) is 8.69. The quantitative estimate of drug-likeness (QED) is 0.731. The van der Waals surface area contributed by atoms with Crippen molar-refractivity contribution in [3.8, 4) is 11.5 Å². The summed E-state index contributed by atoms with van der Waals surface area (Å²) in [4.78, 5) is 38.3. The fourth-order valence-electron chi connectivity index (χ4n) is 3.09. The summed E-state index contributed by atoms with van der Waals surface area (Å²) >= 11 is 5.86. The smallest absolute Gasteiger partial charge is 0.335 e. The highest BCUT2D eigenvalue weighted by molar-refractivity contribution is 6.31. The Morgan fingerprint density at radius 2 is 1.86 bits per heavy atom. The van der Waals surface area contributed by atoms with Crippen LogP contribution in [-0.2, 0) is 16.1 Å². The minimum Gasteiger partial charge on any atom is -0.454 e. The number of fused-ring (bicyclic) bond motifs is 1. The van der Waals surface area contributed by atoms with Crippen LogP contribution in [0.2, 0.25) is 5.02 Å². The first kappa shape index (κ1) is 18.8. The minimum absolute atomic E-state index is 0.171. The van der Waals surface area contributed by atoms with Gasteiger partial charge in [-0.15, -0.1) is 0 Å². The topological polar surface area (TPSA) is 97.0 Å². The summed E-state index contributed by atoms with van der Waals surface area (Å²) in [5.74, 6) is -1.39. The standard InChI is InChI=1S/C20H16ClN3O5/c1-11(22-9-12-2-7-15-16(8-12)29-10-28-15)17-18(25)23-20(27)24(19(17)26)14-5-3-13(21)4-6-14/h2-8,17,22H,1,9-10H2,(H,23,25,27)/t17-/m1/s1. The van der Waals surface area contributed by atoms with Crippen molar-refractivity contribution in [1.29, 1.82) is 0 Å². The lowest BCUT2D eigenvalue weighted by Crippen LogP contribution is -2.59. The number of imide groups is 2. The number of urea groups is 1. The summed E-state index contributed by atoms with van der Waals surface area (Å²) in [6, 6.07) is 10.7. The van der Waals surface area contributed by atoms with Crippen molar-refractivity contribution in [3.63, 3.8) is 0 Å². The lowest BCUT2D eigenvalue weighted by molar-refractivity contribution is -0.132. The molecule has 0 saturated carbocycles. The van der Waals surface area contributed by atoms with Gasteiger partial charge in [0, 0.05) is 17.3 Å². The summed E-state index contributed by atoms with van der Waals surface area (Å²) in [6.07, 6.45) is 0. The number of halogens is 1. The monoisotopic (exact) mass is 413 g/mol. The van der Waals surface area contributed by atoms with Crippen molar-refractivity contribution in [2.75, 3.05) is 11.7 Å². The van der Waals surface area contributed by atoms with E-state index in [1.165, 1.54) is 12.1 Å². The molecule has 2 aliphatic rings. The van der Waals surface area contributed by atoms with E-state index < -0.39 is 23.8 Å². The van der Waals surface area contributed by atoms with Gasteiger partial charge >= 0.3 is 6.03 Å². The van der Waals surface area contributed by atoms with Crippen molar-refractivity contribution < 1.29 is 23.9 Å². The molecular weight excluding hydrogens is 398 g/mol. The van der Waals surface area contributed by atoms with E-state index >= 15 is 0 Å². The van der Waals surface area contributed by atoms with Crippen LogP contribution in [0.5, 0.6) is 11.5 Å². The van der Waals surface area contributed by atoms with Gasteiger partial charge in [0.15, 0.2) is 17.4 Å². The Morgan fingerprint density at radius 3 is 2.62 bits per heavy atom. The van der Waals surface area contributed by atoms with Gasteiger partial charge in [-0.2, -0.15) is 0 Å². The van der Waals surface area contributed by atoms with E-state index in [4.69, 9.17) is 21.1 Å². The fourth-order valence-corrected chi connectivity index (χ4v) is 3.21. The van der Waals surface area contributed by atoms with Crippen LogP contribution in [0.1, 0.15) is 5.56 Å². The van der Waals surface area contributed by atoms with Crippen LogP contribution in [0.25, 0.3) is 0 Å². The Balaban J connectivity index is 1.49. The summed E-state index contributed by atoms with van der Waals surface area (Å²) in [5.41, 5.74) is 1.33. The van der Waals surface area contributed by atoms with Crippen molar-refractivity contribution in [2.24, 2.45) is 5.92 Å². The Bertz CT molecular complexity index is 1020. The van der Waals surface area contributed by atoms with Gasteiger partial charge in [-0.3, -0.25) is 14.9 Å². The maximum atomic E-state index is 12.9. The maximum absolute atomic E-state index is 12.9. The zero-order valence-electron chi connectivity index (χ0n) is 15.1. The third-order valence-corrected chi connectivity index (χ3v) is 4.80. The average Bonchev–Trinajstić information content (AvgIpc) is 3.15. The molecule has 1 atom stereocenters. The first-order chi connectivity index (χ1) is 13.9. The SMILES string of the molecule is C=C(NCc1ccc2c(c1)OCO2)[C@@H]1C(=O)NC(=O)N(c2ccc(Cl)cc2)C1=O. The Labute approximate surface area is 171 Å². The number of rotatable bonds is 5. The summed E-state index contributed by atoms with van der Waals surface area (Å²) in [6.45, 7) is 4.30. The van der Waals surface area contributed by atoms with Gasteiger partial charge in [-0.1, -0.05) is 24.2 Å². The number of carbonyl (C=O) groups excluding carboxylic acids is 3. The summed E-state index contributed by atoms with van der Waals surface area (Å²) < 4.78 is 10.6. The normalized spacial score (nSPS) is 17.9. The highest BCUT2D eigenvalue weighted by Crippen LogP contribution is 2.32. The van der Waals surface area contributed by atoms with Crippen LogP contribution < -0.4 is 25.0 Å². The molecule has 8 nitrogen and oxygen atoms in total. The number of carbonyl (C=O) groups is 3. The average molecular weight is 414 g/mol. The lowest BCUT2D eigenvalue weighted by Gasteiger charge is -2.31. The second-order valence-corrected chi connectivity index (χ2v) is 6.88. The van der Waals surface area contributed by atoms with Crippen LogP contribution >= 0.6 is 11.6 Å². The summed E-state index contributed by atoms with van der Waals surface area (Å²) in [5, 5.41) is 5.64. The predicted molar refractivity (Wildman–Crippen MR) is 105 cm³/mol. The number of amides is 4. The van der Waals surface area contributed by atoms with Gasteiger partial charge in [0.1, 0.15) is 0 Å². The number of nitrogens with zero attached hydrogens (tertiary/aromatic N) is 1. The van der Waals surface area contributed by atoms with E-state index in [1.807, 2.05) is 6.07 Å². The molecule has 29 heavy (non-hydrogen) atoms. The predicted octanol–water partition coefficient (Wildman–Crippen LogP) is 2.57. The molecule has 1 fully saturated rings. The molecule has 0 bridgehead atoms. The second kappa shape index (κ2) is 7.48. The van der Waals surface area contributed by atoms with Gasteiger partial charge in [0.25, 0.3) is 5.91 Å². The molecular formula is C20H16ClN3O5. The molecule has 4 amide bonds. The van der Waals surface area contributed by atoms with Crippen molar-refractivity contribution in [1.82, 2.24) is 10.6 Å². The zero-order chi connectivity index (χ0) is 20.5. The molecule has 2 heterocycles. The Morgan fingerprint density at radius 1 is 1.14 bits per heavy atom. The van der Waals surface area contributed by atoms with Gasteiger partial charge in [0.05, 0.1) is 5.69 Å². The third-order valence-electron chi connectivity index (χ3n) is 4.55. The van der Waals surface area contributed by atoms with Gasteiger partial charge < -0.3 is 14.8 Å². The lowest BCUT2D eigenvalue weighted by atomic mass is 10.0. The number of hydrogen-bond donors (Lipinski definition) is 2. The molecule has 2 N–H and O–H groups in total. The van der Waals surface area contributed by atoms with Gasteiger partial charge in [-0.25, -0.2) is 9.69 Å². The van der Waals surface area contributed by atoms with Crippen LogP contribution in [0.3, 0.4) is 0 Å². The highest BCUT2D eigenvalue weighted by Gasteiger charge is 2.42. The molecule has 0 radical (unpaired) electrons. The zero-order valence-corrected chi connectivity index (χ0v) is 15.9. The Kier molecular flexibility index (Phi) is 4.85. The number of benzene rings is 2. The van der Waals surface area contributed by atoms with E-state index in [9.17, 15) is 14.4 Å². The van der Waals surface area contributed by atoms with Crippen LogP contribution in [0.4, 0.5) is 10.5 Å². The van der Waals surface area contributed by atoms with E-state index in [1.54, 1.807) is 24.3 Å². The number of anilines is 1. The minimum atomic E-state index is -1.25. The van der Waals surface area contributed by atoms with E-state index in [-0.39, 0.29) is 12.5 Å². The van der Waals surface area contributed by atoms with Gasteiger partial charge in [0.2, 0.25) is 12.7 Å². The van der Waals surface area contributed by atoms with Crippen LogP contribution in [0, 0.1) is 5.92 Å². The molecule has 2 aliphatic heterocycles. The highest BCUT2D eigenvalue weighted by atomic mass is 35.5.